The molecule has 0 fully saturated rings. The van der Waals surface area contributed by atoms with Crippen LogP contribution in [0.4, 0.5) is 0 Å². The van der Waals surface area contributed by atoms with Crippen LogP contribution in [0.3, 0.4) is 0 Å². The van der Waals surface area contributed by atoms with Crippen LogP contribution in [0.15, 0.2) is 226 Å². The molecule has 12 rings (SSSR count). The molecule has 0 unspecified atom stereocenters. The smallest absolute Gasteiger partial charge is 0.0903 e. The van der Waals surface area contributed by atoms with E-state index in [0.29, 0.717) is 0 Å². The van der Waals surface area contributed by atoms with Crippen LogP contribution in [0.2, 0.25) is 26.2 Å². The Kier molecular flexibility index (Phi) is 9.40. The molecule has 2 aliphatic heterocycles. The van der Waals surface area contributed by atoms with E-state index >= 15 is 0 Å². The van der Waals surface area contributed by atoms with Crippen LogP contribution in [-0.2, 0) is 0 Å². The molecule has 0 amide bonds. The first kappa shape index (κ1) is 39.4. The first-order chi connectivity index (χ1) is 31.3. The quantitative estimate of drug-likeness (QED) is 0.125. The average Bonchev–Trinajstić information content (AvgIpc) is 3.33. The van der Waals surface area contributed by atoms with Crippen molar-refractivity contribution in [3.05, 3.63) is 206 Å². The number of benzene rings is 10. The standard InChI is InChI=1S/C60H46S2Si2/c1-63(2)56-28-10-8-24-52(56)61-54-26-14-20-46(59(54)63)41-34-30-39(31-35-41)44-18-12-22-48-50(44)38-51-45(19-13-23-49(51)58(48)43-16-6-5-7-17-43)40-32-36-42(37-33-40)47-21-15-27-55-60(47)64(3,4)57-29-11-9-25-53(57)62-55/h5-38H,1-4H3. The van der Waals surface area contributed by atoms with Crippen LogP contribution < -0.4 is 20.7 Å². The molecule has 64 heavy (non-hydrogen) atoms. The van der Waals surface area contributed by atoms with Crippen molar-refractivity contribution in [1.29, 1.82) is 0 Å². The van der Waals surface area contributed by atoms with Crippen molar-refractivity contribution in [3.8, 4) is 55.6 Å². The molecule has 0 aromatic heterocycles. The monoisotopic (exact) mass is 886 g/mol. The third-order valence-electron chi connectivity index (χ3n) is 14.0. The molecule has 0 spiro atoms. The number of rotatable bonds is 5. The van der Waals surface area contributed by atoms with E-state index in [4.69, 9.17) is 0 Å². The zero-order chi connectivity index (χ0) is 43.2. The first-order valence-electron chi connectivity index (χ1n) is 22.3. The molecule has 0 nitrogen and oxygen atoms in total. The maximum Gasteiger partial charge on any atom is 0.115 e. The van der Waals surface area contributed by atoms with E-state index in [0.717, 1.165) is 0 Å². The molecular formula is C60H46S2Si2. The fourth-order valence-electron chi connectivity index (χ4n) is 10.9. The van der Waals surface area contributed by atoms with E-state index in [1.54, 1.807) is 10.4 Å². The Morgan fingerprint density at radius 2 is 0.641 bits per heavy atom. The predicted octanol–water partition coefficient (Wildman–Crippen LogP) is 14.9. The maximum absolute atomic E-state index is 2.52. The lowest BCUT2D eigenvalue weighted by atomic mass is 9.86. The molecule has 0 saturated heterocycles. The second-order valence-electron chi connectivity index (χ2n) is 18.4. The zero-order valence-corrected chi connectivity index (χ0v) is 40.1. The summed E-state index contributed by atoms with van der Waals surface area (Å²) < 4.78 is 0. The van der Waals surface area contributed by atoms with Crippen LogP contribution >= 0.6 is 23.5 Å². The molecule has 2 aliphatic rings. The topological polar surface area (TPSA) is 0 Å². The minimum Gasteiger partial charge on any atom is -0.0903 e. The van der Waals surface area contributed by atoms with Crippen molar-refractivity contribution in [3.63, 3.8) is 0 Å². The van der Waals surface area contributed by atoms with Crippen LogP contribution in [0, 0.1) is 0 Å². The highest BCUT2D eigenvalue weighted by Crippen LogP contribution is 2.44. The predicted molar refractivity (Wildman–Crippen MR) is 283 cm³/mol. The number of hydrogen-bond acceptors (Lipinski definition) is 2. The van der Waals surface area contributed by atoms with Gasteiger partial charge in [0.25, 0.3) is 0 Å². The third-order valence-corrected chi connectivity index (χ3v) is 24.1. The van der Waals surface area contributed by atoms with Crippen molar-refractivity contribution in [2.45, 2.75) is 45.8 Å². The summed E-state index contributed by atoms with van der Waals surface area (Å²) in [6, 6.07) is 77.9. The van der Waals surface area contributed by atoms with Gasteiger partial charge in [-0.25, -0.2) is 0 Å². The van der Waals surface area contributed by atoms with Gasteiger partial charge in [0.2, 0.25) is 0 Å². The van der Waals surface area contributed by atoms with Crippen molar-refractivity contribution >= 4 is 82.0 Å². The van der Waals surface area contributed by atoms with Crippen LogP contribution in [0.1, 0.15) is 0 Å². The van der Waals surface area contributed by atoms with E-state index < -0.39 is 16.1 Å². The Morgan fingerprint density at radius 3 is 1.09 bits per heavy atom. The van der Waals surface area contributed by atoms with E-state index in [9.17, 15) is 0 Å². The fraction of sp³-hybridized carbons (Fsp3) is 0.0667. The lowest BCUT2D eigenvalue weighted by Crippen LogP contribution is -2.57. The highest BCUT2D eigenvalue weighted by molar-refractivity contribution is 8.00. The van der Waals surface area contributed by atoms with Crippen molar-refractivity contribution in [2.75, 3.05) is 0 Å². The van der Waals surface area contributed by atoms with Crippen molar-refractivity contribution in [1.82, 2.24) is 0 Å². The first-order valence-corrected chi connectivity index (χ1v) is 30.0. The van der Waals surface area contributed by atoms with Gasteiger partial charge in [-0.15, -0.1) is 0 Å². The Balaban J connectivity index is 0.976. The van der Waals surface area contributed by atoms with Gasteiger partial charge < -0.3 is 0 Å². The number of hydrogen-bond donors (Lipinski definition) is 0. The van der Waals surface area contributed by atoms with Crippen LogP contribution in [-0.4, -0.2) is 16.1 Å². The Bertz CT molecular complexity index is 3270. The molecule has 10 aromatic rings. The van der Waals surface area contributed by atoms with Crippen LogP contribution in [0.25, 0.3) is 77.2 Å². The Labute approximate surface area is 387 Å². The summed E-state index contributed by atoms with van der Waals surface area (Å²) in [5.74, 6) is 0. The van der Waals surface area contributed by atoms with E-state index in [1.165, 1.54) is 107 Å². The van der Waals surface area contributed by atoms with Gasteiger partial charge in [0, 0.05) is 19.6 Å². The summed E-state index contributed by atoms with van der Waals surface area (Å²) in [4.78, 5) is 5.65. The van der Waals surface area contributed by atoms with E-state index in [-0.39, 0.29) is 0 Å². The van der Waals surface area contributed by atoms with E-state index in [1.807, 2.05) is 23.5 Å². The minimum absolute atomic E-state index is 1.23. The van der Waals surface area contributed by atoms with Gasteiger partial charge in [0.15, 0.2) is 0 Å². The molecule has 306 valence electrons. The lowest BCUT2D eigenvalue weighted by molar-refractivity contribution is 1.40. The lowest BCUT2D eigenvalue weighted by Gasteiger charge is -2.34. The Hall–Kier alpha value is -6.15. The summed E-state index contributed by atoms with van der Waals surface area (Å²) >= 11 is 3.86. The molecule has 0 saturated carbocycles. The summed E-state index contributed by atoms with van der Waals surface area (Å²) in [5.41, 5.74) is 12.8. The molecule has 0 radical (unpaired) electrons. The normalized spacial score (nSPS) is 14.4. The summed E-state index contributed by atoms with van der Waals surface area (Å²) in [7, 11) is -3.87. The van der Waals surface area contributed by atoms with Gasteiger partial charge in [-0.1, -0.05) is 226 Å². The van der Waals surface area contributed by atoms with Gasteiger partial charge >= 0.3 is 0 Å². The van der Waals surface area contributed by atoms with Crippen molar-refractivity contribution < 1.29 is 0 Å². The average molecular weight is 887 g/mol. The SMILES string of the molecule is C[Si]1(C)c2ccccc2Sc2cccc(-c3ccc(-c4cccc5c(-c6ccccc6)c6cccc(-c7ccc(-c8cccc9c8[Si](C)(C)c8ccccc8S9)cc7)c6cc45)cc3)c21. The summed E-state index contributed by atoms with van der Waals surface area (Å²) in [5, 5.41) is 11.3. The molecule has 10 aromatic carbocycles. The molecule has 0 N–H and O–H groups in total. The third kappa shape index (κ3) is 6.26. The minimum atomic E-state index is -1.94. The molecule has 0 bridgehead atoms. The molecule has 2 heterocycles. The molecule has 4 heteroatoms. The molecule has 0 aliphatic carbocycles. The highest BCUT2D eigenvalue weighted by Gasteiger charge is 2.38. The van der Waals surface area contributed by atoms with Gasteiger partial charge in [0.05, 0.1) is 0 Å². The van der Waals surface area contributed by atoms with Gasteiger partial charge in [-0.3, -0.25) is 0 Å². The second kappa shape index (κ2) is 15.2. The van der Waals surface area contributed by atoms with Crippen molar-refractivity contribution in [2.24, 2.45) is 0 Å². The Morgan fingerprint density at radius 1 is 0.281 bits per heavy atom. The fourth-order valence-corrected chi connectivity index (χ4v) is 22.6. The maximum atomic E-state index is 2.52. The van der Waals surface area contributed by atoms with Gasteiger partial charge in [-0.05, 0) is 128 Å². The second-order valence-corrected chi connectivity index (χ2v) is 29.1. The molecular weight excluding hydrogens is 841 g/mol. The van der Waals surface area contributed by atoms with Gasteiger partial charge in [-0.2, -0.15) is 0 Å². The summed E-state index contributed by atoms with van der Waals surface area (Å²) in [6.07, 6.45) is 0. The molecule has 0 atom stereocenters. The zero-order valence-electron chi connectivity index (χ0n) is 36.4. The largest absolute Gasteiger partial charge is 0.115 e. The van der Waals surface area contributed by atoms with E-state index in [2.05, 4.69) is 232 Å². The highest BCUT2D eigenvalue weighted by atomic mass is 32.2. The van der Waals surface area contributed by atoms with Crippen LogP contribution in [0.5, 0.6) is 0 Å². The van der Waals surface area contributed by atoms with Gasteiger partial charge in [0.1, 0.15) is 16.1 Å². The number of fused-ring (bicyclic) bond motifs is 6. The summed E-state index contributed by atoms with van der Waals surface area (Å²) in [6.45, 7) is 10.1.